The first-order valence-electron chi connectivity index (χ1n) is 5.57. The molecular weight excluding hydrogens is 265 g/mol. The van der Waals surface area contributed by atoms with Gasteiger partial charge in [-0.1, -0.05) is 6.07 Å². The molecule has 0 radical (unpaired) electrons. The molecule has 1 heterocycles. The van der Waals surface area contributed by atoms with Gasteiger partial charge < -0.3 is 15.7 Å². The molecule has 0 spiro atoms. The third-order valence-corrected chi connectivity index (χ3v) is 2.32. The lowest BCUT2D eigenvalue weighted by molar-refractivity contribution is 0.0690. The lowest BCUT2D eigenvalue weighted by Gasteiger charge is -2.07. The molecular formula is C13H10FN3O3. The number of aromatic carboxylic acids is 1. The Kier molecular flexibility index (Phi) is 3.90. The standard InChI is InChI=1S/C13H10FN3O3/c14-8-2-1-3-9(6-8)16-13(20)17-10-4-5-15-11(7-10)12(18)19/h1-7H,(H,18,19)(H2,15,16,17,20). The van der Waals surface area contributed by atoms with Gasteiger partial charge in [-0.2, -0.15) is 0 Å². The number of carboxylic acids is 1. The number of urea groups is 1. The molecule has 7 heteroatoms. The zero-order valence-corrected chi connectivity index (χ0v) is 10.1. The second-order valence-corrected chi connectivity index (χ2v) is 3.82. The molecule has 2 aromatic rings. The van der Waals surface area contributed by atoms with Crippen molar-refractivity contribution in [2.24, 2.45) is 0 Å². The van der Waals surface area contributed by atoms with Crippen LogP contribution in [0.25, 0.3) is 0 Å². The second kappa shape index (κ2) is 5.79. The first-order valence-corrected chi connectivity index (χ1v) is 5.57. The molecule has 102 valence electrons. The van der Waals surface area contributed by atoms with Crippen molar-refractivity contribution in [1.29, 1.82) is 0 Å². The van der Waals surface area contributed by atoms with Crippen molar-refractivity contribution in [2.45, 2.75) is 0 Å². The molecule has 0 saturated carbocycles. The number of carboxylic acid groups (broad SMARTS) is 1. The van der Waals surface area contributed by atoms with E-state index >= 15 is 0 Å². The summed E-state index contributed by atoms with van der Waals surface area (Å²) < 4.78 is 12.9. The molecule has 0 unspecified atom stereocenters. The molecule has 6 nitrogen and oxygen atoms in total. The maximum atomic E-state index is 12.9. The van der Waals surface area contributed by atoms with Crippen LogP contribution in [0.5, 0.6) is 0 Å². The molecule has 0 fully saturated rings. The predicted molar refractivity (Wildman–Crippen MR) is 70.2 cm³/mol. The van der Waals surface area contributed by atoms with Crippen LogP contribution in [0.1, 0.15) is 10.5 Å². The van der Waals surface area contributed by atoms with Gasteiger partial charge in [0.05, 0.1) is 0 Å². The smallest absolute Gasteiger partial charge is 0.354 e. The fourth-order valence-corrected chi connectivity index (χ4v) is 1.48. The summed E-state index contributed by atoms with van der Waals surface area (Å²) in [6.45, 7) is 0. The molecule has 0 aliphatic rings. The maximum absolute atomic E-state index is 12.9. The number of anilines is 2. The fraction of sp³-hybridized carbons (Fsp3) is 0. The Bertz CT molecular complexity index is 661. The Morgan fingerprint density at radius 2 is 1.80 bits per heavy atom. The number of nitrogens with zero attached hydrogens (tertiary/aromatic N) is 1. The van der Waals surface area contributed by atoms with Crippen molar-refractivity contribution in [3.63, 3.8) is 0 Å². The van der Waals surface area contributed by atoms with Crippen LogP contribution in [0, 0.1) is 5.82 Å². The van der Waals surface area contributed by atoms with Crippen molar-refractivity contribution >= 4 is 23.4 Å². The van der Waals surface area contributed by atoms with Gasteiger partial charge in [-0.05, 0) is 30.3 Å². The van der Waals surface area contributed by atoms with Gasteiger partial charge in [0.25, 0.3) is 0 Å². The first-order chi connectivity index (χ1) is 9.54. The third-order valence-electron chi connectivity index (χ3n) is 2.32. The molecule has 0 aliphatic heterocycles. The summed E-state index contributed by atoms with van der Waals surface area (Å²) in [7, 11) is 0. The number of aromatic nitrogens is 1. The summed E-state index contributed by atoms with van der Waals surface area (Å²) in [6.07, 6.45) is 1.27. The second-order valence-electron chi connectivity index (χ2n) is 3.82. The lowest BCUT2D eigenvalue weighted by Crippen LogP contribution is -2.19. The summed E-state index contributed by atoms with van der Waals surface area (Å²) in [5, 5.41) is 13.6. The summed E-state index contributed by atoms with van der Waals surface area (Å²) in [6, 6.07) is 7.45. The number of amides is 2. The molecule has 1 aromatic heterocycles. The van der Waals surface area contributed by atoms with E-state index in [0.717, 1.165) is 6.07 Å². The van der Waals surface area contributed by atoms with Crippen molar-refractivity contribution in [2.75, 3.05) is 10.6 Å². The van der Waals surface area contributed by atoms with E-state index < -0.39 is 17.8 Å². The minimum Gasteiger partial charge on any atom is -0.477 e. The number of carbonyl (C=O) groups excluding carboxylic acids is 1. The van der Waals surface area contributed by atoms with E-state index in [1.165, 1.54) is 36.5 Å². The Morgan fingerprint density at radius 3 is 2.45 bits per heavy atom. The van der Waals surface area contributed by atoms with Crippen molar-refractivity contribution in [1.82, 2.24) is 4.98 Å². The quantitative estimate of drug-likeness (QED) is 0.802. The van der Waals surface area contributed by atoms with Gasteiger partial charge in [-0.25, -0.2) is 19.0 Å². The first kappa shape index (κ1) is 13.5. The highest BCUT2D eigenvalue weighted by molar-refractivity contribution is 6.00. The van der Waals surface area contributed by atoms with Crippen LogP contribution in [0.4, 0.5) is 20.6 Å². The molecule has 20 heavy (non-hydrogen) atoms. The van der Waals surface area contributed by atoms with Crippen LogP contribution in [0.15, 0.2) is 42.6 Å². The van der Waals surface area contributed by atoms with Gasteiger partial charge in [0.15, 0.2) is 0 Å². The van der Waals surface area contributed by atoms with Crippen LogP contribution in [0.2, 0.25) is 0 Å². The SMILES string of the molecule is O=C(Nc1cccc(F)c1)Nc1ccnc(C(=O)O)c1. The van der Waals surface area contributed by atoms with E-state index in [9.17, 15) is 14.0 Å². The van der Waals surface area contributed by atoms with E-state index in [0.29, 0.717) is 0 Å². The monoisotopic (exact) mass is 275 g/mol. The Balaban J connectivity index is 2.04. The van der Waals surface area contributed by atoms with Gasteiger partial charge in [0.2, 0.25) is 0 Å². The van der Waals surface area contributed by atoms with Crippen molar-refractivity contribution in [3.8, 4) is 0 Å². The number of carbonyl (C=O) groups is 2. The summed E-state index contributed by atoms with van der Waals surface area (Å²) in [5.41, 5.74) is 0.370. The van der Waals surface area contributed by atoms with Crippen LogP contribution < -0.4 is 10.6 Å². The van der Waals surface area contributed by atoms with Gasteiger partial charge in [0, 0.05) is 17.6 Å². The third kappa shape index (κ3) is 3.52. The zero-order valence-electron chi connectivity index (χ0n) is 10.1. The van der Waals surface area contributed by atoms with E-state index in [2.05, 4.69) is 15.6 Å². The predicted octanol–water partition coefficient (Wildman–Crippen LogP) is 2.56. The molecule has 1 aromatic carbocycles. The van der Waals surface area contributed by atoms with Crippen LogP contribution >= 0.6 is 0 Å². The molecule has 2 rings (SSSR count). The summed E-state index contributed by atoms with van der Waals surface area (Å²) >= 11 is 0. The number of nitrogens with one attached hydrogen (secondary N) is 2. The zero-order chi connectivity index (χ0) is 14.5. The highest BCUT2D eigenvalue weighted by Gasteiger charge is 2.07. The normalized spacial score (nSPS) is 9.85. The average molecular weight is 275 g/mol. The van der Waals surface area contributed by atoms with E-state index in [-0.39, 0.29) is 17.1 Å². The highest BCUT2D eigenvalue weighted by Crippen LogP contribution is 2.11. The van der Waals surface area contributed by atoms with E-state index in [4.69, 9.17) is 5.11 Å². The van der Waals surface area contributed by atoms with Crippen LogP contribution in [-0.2, 0) is 0 Å². The molecule has 0 bridgehead atoms. The van der Waals surface area contributed by atoms with Crippen LogP contribution in [0.3, 0.4) is 0 Å². The Hall–Kier alpha value is -2.96. The number of benzene rings is 1. The average Bonchev–Trinajstić information content (AvgIpc) is 2.38. The van der Waals surface area contributed by atoms with Crippen LogP contribution in [-0.4, -0.2) is 22.1 Å². The largest absolute Gasteiger partial charge is 0.477 e. The van der Waals surface area contributed by atoms with Gasteiger partial charge in [0.1, 0.15) is 11.5 Å². The lowest BCUT2D eigenvalue weighted by atomic mass is 10.3. The number of hydrogen-bond donors (Lipinski definition) is 3. The molecule has 0 saturated heterocycles. The molecule has 2 amide bonds. The fourth-order valence-electron chi connectivity index (χ4n) is 1.48. The topological polar surface area (TPSA) is 91.3 Å². The minimum atomic E-state index is -1.20. The molecule has 3 N–H and O–H groups in total. The Morgan fingerprint density at radius 1 is 1.10 bits per heavy atom. The molecule has 0 atom stereocenters. The summed E-state index contributed by atoms with van der Waals surface area (Å²) in [4.78, 5) is 26.0. The number of hydrogen-bond acceptors (Lipinski definition) is 3. The molecule has 0 aliphatic carbocycles. The highest BCUT2D eigenvalue weighted by atomic mass is 19.1. The van der Waals surface area contributed by atoms with Crippen molar-refractivity contribution < 1.29 is 19.1 Å². The minimum absolute atomic E-state index is 0.187. The van der Waals surface area contributed by atoms with Gasteiger partial charge in [-0.15, -0.1) is 0 Å². The van der Waals surface area contributed by atoms with Gasteiger partial charge >= 0.3 is 12.0 Å². The maximum Gasteiger partial charge on any atom is 0.354 e. The Labute approximate surface area is 113 Å². The number of halogens is 1. The van der Waals surface area contributed by atoms with E-state index in [1.807, 2.05) is 0 Å². The van der Waals surface area contributed by atoms with Gasteiger partial charge in [-0.3, -0.25) is 0 Å². The summed E-state index contributed by atoms with van der Waals surface area (Å²) in [5.74, 6) is -1.67. The number of pyridine rings is 1. The number of rotatable bonds is 3. The van der Waals surface area contributed by atoms with E-state index in [1.54, 1.807) is 0 Å². The van der Waals surface area contributed by atoms with Crippen molar-refractivity contribution in [3.05, 3.63) is 54.1 Å².